The third-order valence-corrected chi connectivity index (χ3v) is 8.36. The van der Waals surface area contributed by atoms with Crippen LogP contribution in [0.25, 0.3) is 0 Å². The number of nitrogens with zero attached hydrogens (tertiary/aromatic N) is 2. The van der Waals surface area contributed by atoms with Gasteiger partial charge in [0.05, 0.1) is 12.0 Å². The van der Waals surface area contributed by atoms with E-state index in [4.69, 9.17) is 28.0 Å². The number of likely N-dealkylation sites (tertiary alicyclic amines) is 1. The SMILES string of the molecule is CC1C(=O)N(C2=NOC(C(C)(C)C)C2)C(C2CCC(Cl)CC2)C1C(=O)C1=CCC(Cl)=CC1. The number of halogens is 2. The van der Waals surface area contributed by atoms with Gasteiger partial charge in [0, 0.05) is 34.6 Å². The van der Waals surface area contributed by atoms with Crippen LogP contribution in [0.4, 0.5) is 0 Å². The Morgan fingerprint density at radius 3 is 2.41 bits per heavy atom. The topological polar surface area (TPSA) is 59.0 Å². The fourth-order valence-electron chi connectivity index (χ4n) is 5.58. The van der Waals surface area contributed by atoms with Crippen molar-refractivity contribution >= 4 is 40.7 Å². The lowest BCUT2D eigenvalue weighted by Gasteiger charge is -2.37. The van der Waals surface area contributed by atoms with Crippen molar-refractivity contribution in [1.29, 1.82) is 0 Å². The van der Waals surface area contributed by atoms with E-state index in [0.717, 1.165) is 36.3 Å². The van der Waals surface area contributed by atoms with Crippen LogP contribution in [0, 0.1) is 23.2 Å². The highest BCUT2D eigenvalue weighted by atomic mass is 35.5. The van der Waals surface area contributed by atoms with Gasteiger partial charge >= 0.3 is 0 Å². The van der Waals surface area contributed by atoms with Gasteiger partial charge in [-0.1, -0.05) is 56.6 Å². The molecule has 4 atom stereocenters. The number of oxime groups is 1. The van der Waals surface area contributed by atoms with Crippen LogP contribution in [-0.2, 0) is 14.4 Å². The van der Waals surface area contributed by atoms with Gasteiger partial charge in [-0.15, -0.1) is 11.6 Å². The van der Waals surface area contributed by atoms with Gasteiger partial charge in [0.1, 0.15) is 6.10 Å². The largest absolute Gasteiger partial charge is 0.390 e. The number of amides is 1. The standard InChI is InChI=1S/C25H34Cl2N2O3/c1-14-21(23(30)16-7-11-18(27)12-8-16)22(15-5-9-17(26)10-6-15)29(24(14)31)20-13-19(32-28-20)25(2,3)4/h7,12,14-15,17,19,21-22H,5-6,8-11,13H2,1-4H3. The Morgan fingerprint density at radius 1 is 1.16 bits per heavy atom. The zero-order chi connectivity index (χ0) is 23.2. The molecule has 0 spiro atoms. The second-order valence-electron chi connectivity index (χ2n) is 10.8. The zero-order valence-corrected chi connectivity index (χ0v) is 21.0. The van der Waals surface area contributed by atoms with E-state index in [1.54, 1.807) is 0 Å². The van der Waals surface area contributed by atoms with Gasteiger partial charge in [0.25, 0.3) is 0 Å². The molecule has 176 valence electrons. The van der Waals surface area contributed by atoms with Crippen molar-refractivity contribution in [2.75, 3.05) is 0 Å². The number of Topliss-reactive ketones (excluding diaryl/α,β-unsaturated/α-hetero) is 1. The average molecular weight is 481 g/mol. The number of carbonyl (C=O) groups is 2. The first-order valence-electron chi connectivity index (χ1n) is 11.9. The molecule has 4 unspecified atom stereocenters. The number of hydrogen-bond donors (Lipinski definition) is 0. The van der Waals surface area contributed by atoms with E-state index in [1.807, 2.05) is 24.0 Å². The van der Waals surface area contributed by atoms with Gasteiger partial charge in [-0.25, -0.2) is 0 Å². The first kappa shape index (κ1) is 23.8. The minimum absolute atomic E-state index is 0.0109. The predicted octanol–water partition coefficient (Wildman–Crippen LogP) is 5.81. The molecule has 7 heteroatoms. The Bertz CT molecular complexity index is 865. The number of alkyl halides is 1. The second-order valence-corrected chi connectivity index (χ2v) is 12.0. The van der Waals surface area contributed by atoms with E-state index in [0.29, 0.717) is 25.1 Å². The molecule has 2 fully saturated rings. The highest BCUT2D eigenvalue weighted by Gasteiger charge is 2.55. The molecule has 0 N–H and O–H groups in total. The Balaban J connectivity index is 1.65. The molecule has 32 heavy (non-hydrogen) atoms. The molecule has 4 aliphatic rings. The van der Waals surface area contributed by atoms with E-state index in [1.165, 1.54) is 0 Å². The summed E-state index contributed by atoms with van der Waals surface area (Å²) in [6.07, 6.45) is 9.12. The molecule has 0 bridgehead atoms. The van der Waals surface area contributed by atoms with Gasteiger partial charge in [0.15, 0.2) is 11.6 Å². The predicted molar refractivity (Wildman–Crippen MR) is 128 cm³/mol. The molecule has 0 aromatic rings. The smallest absolute Gasteiger partial charge is 0.231 e. The zero-order valence-electron chi connectivity index (χ0n) is 19.4. The van der Waals surface area contributed by atoms with Gasteiger partial charge in [-0.3, -0.25) is 14.5 Å². The maximum atomic E-state index is 13.7. The summed E-state index contributed by atoms with van der Waals surface area (Å²) in [5.41, 5.74) is 0.689. The molecule has 0 radical (unpaired) electrons. The molecule has 1 saturated heterocycles. The first-order valence-corrected chi connectivity index (χ1v) is 12.7. The number of hydrogen-bond acceptors (Lipinski definition) is 4. The van der Waals surface area contributed by atoms with Crippen LogP contribution >= 0.6 is 23.2 Å². The molecule has 0 aromatic carbocycles. The molecular weight excluding hydrogens is 447 g/mol. The molecular formula is C25H34Cl2N2O3. The van der Waals surface area contributed by atoms with E-state index in [-0.39, 0.29) is 52.4 Å². The summed E-state index contributed by atoms with van der Waals surface area (Å²) in [5.74, 6) is 0.206. The van der Waals surface area contributed by atoms with Crippen molar-refractivity contribution in [3.8, 4) is 0 Å². The monoisotopic (exact) mass is 480 g/mol. The van der Waals surface area contributed by atoms with Gasteiger partial charge in [-0.2, -0.15) is 0 Å². The molecule has 2 aliphatic heterocycles. The third kappa shape index (κ3) is 4.52. The Morgan fingerprint density at radius 2 is 1.84 bits per heavy atom. The number of carbonyl (C=O) groups excluding carboxylic acids is 2. The lowest BCUT2D eigenvalue weighted by atomic mass is 9.73. The molecule has 2 heterocycles. The van der Waals surface area contributed by atoms with Crippen LogP contribution in [0.3, 0.4) is 0 Å². The summed E-state index contributed by atoms with van der Waals surface area (Å²) in [5, 5.41) is 5.31. The first-order chi connectivity index (χ1) is 15.1. The van der Waals surface area contributed by atoms with Crippen LogP contribution in [-0.4, -0.2) is 39.9 Å². The van der Waals surface area contributed by atoms with E-state index in [9.17, 15) is 9.59 Å². The van der Waals surface area contributed by atoms with Crippen molar-refractivity contribution in [2.24, 2.45) is 28.3 Å². The highest BCUT2D eigenvalue weighted by molar-refractivity contribution is 6.29. The second kappa shape index (κ2) is 9.13. The normalized spacial score (nSPS) is 35.9. The van der Waals surface area contributed by atoms with Crippen molar-refractivity contribution in [2.45, 2.75) is 90.2 Å². The molecule has 0 aromatic heterocycles. The van der Waals surface area contributed by atoms with Crippen LogP contribution in [0.15, 0.2) is 27.9 Å². The Kier molecular flexibility index (Phi) is 6.80. The summed E-state index contributed by atoms with van der Waals surface area (Å²) in [4.78, 5) is 34.9. The van der Waals surface area contributed by atoms with Crippen LogP contribution in [0.5, 0.6) is 0 Å². The average Bonchev–Trinajstić information content (AvgIpc) is 3.32. The maximum Gasteiger partial charge on any atom is 0.231 e. The van der Waals surface area contributed by atoms with E-state index < -0.39 is 0 Å². The number of ketones is 1. The van der Waals surface area contributed by atoms with E-state index >= 15 is 0 Å². The van der Waals surface area contributed by atoms with Gasteiger partial charge < -0.3 is 4.84 Å². The molecule has 1 saturated carbocycles. The quantitative estimate of drug-likeness (QED) is 0.478. The molecule has 2 aliphatic carbocycles. The van der Waals surface area contributed by atoms with Crippen molar-refractivity contribution in [3.05, 3.63) is 22.8 Å². The van der Waals surface area contributed by atoms with Gasteiger partial charge in [-0.05, 0) is 43.6 Å². The summed E-state index contributed by atoms with van der Waals surface area (Å²) in [6.45, 7) is 8.24. The molecule has 4 rings (SSSR count). The Hall–Kier alpha value is -1.33. The van der Waals surface area contributed by atoms with Crippen molar-refractivity contribution < 1.29 is 14.4 Å². The third-order valence-electron chi connectivity index (χ3n) is 7.62. The number of allylic oxidation sites excluding steroid dienone is 4. The van der Waals surface area contributed by atoms with Crippen LogP contribution in [0.2, 0.25) is 0 Å². The highest BCUT2D eigenvalue weighted by Crippen LogP contribution is 2.45. The van der Waals surface area contributed by atoms with E-state index in [2.05, 4.69) is 25.9 Å². The van der Waals surface area contributed by atoms with Crippen molar-refractivity contribution in [1.82, 2.24) is 4.90 Å². The molecule has 5 nitrogen and oxygen atoms in total. The van der Waals surface area contributed by atoms with Gasteiger partial charge in [0.2, 0.25) is 5.91 Å². The fraction of sp³-hybridized carbons (Fsp3) is 0.720. The Labute approximate surface area is 201 Å². The lowest BCUT2D eigenvalue weighted by Crippen LogP contribution is -2.47. The molecule has 1 amide bonds. The van der Waals surface area contributed by atoms with Crippen molar-refractivity contribution in [3.63, 3.8) is 0 Å². The maximum absolute atomic E-state index is 13.7. The fourth-order valence-corrected chi connectivity index (χ4v) is 5.98. The number of amidine groups is 1. The minimum Gasteiger partial charge on any atom is -0.390 e. The summed E-state index contributed by atoms with van der Waals surface area (Å²) in [7, 11) is 0. The van der Waals surface area contributed by atoms with Crippen LogP contribution < -0.4 is 0 Å². The summed E-state index contributed by atoms with van der Waals surface area (Å²) < 4.78 is 0. The van der Waals surface area contributed by atoms with Crippen LogP contribution in [0.1, 0.15) is 72.6 Å². The minimum atomic E-state index is -0.389. The lowest BCUT2D eigenvalue weighted by molar-refractivity contribution is -0.129. The summed E-state index contributed by atoms with van der Waals surface area (Å²) >= 11 is 12.5. The number of rotatable bonds is 3. The summed E-state index contributed by atoms with van der Waals surface area (Å²) in [6, 6.07) is -0.197.